The second-order valence-corrected chi connectivity index (χ2v) is 7.37. The molecule has 0 unspecified atom stereocenters. The van der Waals surface area contributed by atoms with Gasteiger partial charge in [0.1, 0.15) is 12.0 Å². The number of hydrogen-bond acceptors (Lipinski definition) is 6. The van der Waals surface area contributed by atoms with Crippen LogP contribution in [0.1, 0.15) is 38.2 Å². The van der Waals surface area contributed by atoms with Crippen LogP contribution in [-0.4, -0.2) is 34.8 Å². The Bertz CT molecular complexity index is 980. The number of nitrogens with zero attached hydrogens (tertiary/aromatic N) is 2. The second-order valence-electron chi connectivity index (χ2n) is 6.29. The molecule has 1 aromatic carbocycles. The first-order chi connectivity index (χ1) is 13.6. The highest BCUT2D eigenvalue weighted by Gasteiger charge is 2.25. The van der Waals surface area contributed by atoms with Gasteiger partial charge in [0.2, 0.25) is 0 Å². The monoisotopic (exact) mass is 397 g/mol. The van der Waals surface area contributed by atoms with Crippen LogP contribution >= 0.6 is 11.3 Å². The van der Waals surface area contributed by atoms with E-state index in [1.54, 1.807) is 23.1 Å². The molecule has 144 valence electrons. The van der Waals surface area contributed by atoms with Gasteiger partial charge in [0, 0.05) is 23.4 Å². The molecule has 0 saturated heterocycles. The summed E-state index contributed by atoms with van der Waals surface area (Å²) in [6.45, 7) is 3.59. The first-order valence-corrected chi connectivity index (χ1v) is 9.80. The van der Waals surface area contributed by atoms with Crippen LogP contribution in [-0.2, 0) is 13.0 Å². The number of ether oxygens (including phenoxy) is 1. The van der Waals surface area contributed by atoms with Gasteiger partial charge in [-0.2, -0.15) is 0 Å². The standard InChI is InChI=1S/C20H19N3O4S/c1-2-27-15-5-3-13(4-6-15)19(25)23-9-7-16-17(11-23)28-20(21-16)22-18(24)14-8-10-26-12-14/h3-6,8,10,12H,2,7,9,11H2,1H3,(H,21,22,24). The summed E-state index contributed by atoms with van der Waals surface area (Å²) < 4.78 is 10.3. The lowest BCUT2D eigenvalue weighted by Crippen LogP contribution is -2.35. The fourth-order valence-corrected chi connectivity index (χ4v) is 4.05. The van der Waals surface area contributed by atoms with Crippen molar-refractivity contribution in [3.63, 3.8) is 0 Å². The Hall–Kier alpha value is -3.13. The summed E-state index contributed by atoms with van der Waals surface area (Å²) in [6, 6.07) is 8.78. The number of hydrogen-bond donors (Lipinski definition) is 1. The maximum absolute atomic E-state index is 12.8. The predicted octanol–water partition coefficient (Wildman–Crippen LogP) is 3.59. The van der Waals surface area contributed by atoms with Gasteiger partial charge in [-0.15, -0.1) is 0 Å². The number of benzene rings is 1. The van der Waals surface area contributed by atoms with E-state index in [1.807, 2.05) is 19.1 Å². The highest BCUT2D eigenvalue weighted by Crippen LogP contribution is 2.29. The lowest BCUT2D eigenvalue weighted by Gasteiger charge is -2.26. The van der Waals surface area contributed by atoms with E-state index >= 15 is 0 Å². The van der Waals surface area contributed by atoms with Crippen molar-refractivity contribution in [1.29, 1.82) is 0 Å². The van der Waals surface area contributed by atoms with Crippen molar-refractivity contribution in [3.8, 4) is 5.75 Å². The summed E-state index contributed by atoms with van der Waals surface area (Å²) in [5.41, 5.74) is 2.01. The van der Waals surface area contributed by atoms with E-state index in [0.717, 1.165) is 16.3 Å². The summed E-state index contributed by atoms with van der Waals surface area (Å²) in [7, 11) is 0. The molecule has 0 radical (unpaired) electrons. The van der Waals surface area contributed by atoms with E-state index in [0.29, 0.717) is 42.4 Å². The normalized spacial score (nSPS) is 13.1. The quantitative estimate of drug-likeness (QED) is 0.711. The van der Waals surface area contributed by atoms with Gasteiger partial charge in [0.05, 0.1) is 30.7 Å². The van der Waals surface area contributed by atoms with E-state index in [1.165, 1.54) is 23.9 Å². The van der Waals surface area contributed by atoms with Crippen molar-refractivity contribution in [2.45, 2.75) is 19.9 Å². The molecular formula is C20H19N3O4S. The van der Waals surface area contributed by atoms with Gasteiger partial charge in [-0.3, -0.25) is 14.9 Å². The Morgan fingerprint density at radius 1 is 1.25 bits per heavy atom. The van der Waals surface area contributed by atoms with Crippen LogP contribution in [0.4, 0.5) is 5.13 Å². The fourth-order valence-electron chi connectivity index (χ4n) is 3.03. The van der Waals surface area contributed by atoms with E-state index in [-0.39, 0.29) is 11.8 Å². The minimum Gasteiger partial charge on any atom is -0.494 e. The lowest BCUT2D eigenvalue weighted by molar-refractivity contribution is 0.0736. The molecule has 28 heavy (non-hydrogen) atoms. The smallest absolute Gasteiger partial charge is 0.260 e. The zero-order chi connectivity index (χ0) is 19.5. The van der Waals surface area contributed by atoms with E-state index in [2.05, 4.69) is 10.3 Å². The van der Waals surface area contributed by atoms with Gasteiger partial charge in [-0.1, -0.05) is 11.3 Å². The number of rotatable bonds is 5. The summed E-state index contributed by atoms with van der Waals surface area (Å²) in [4.78, 5) is 32.2. The first-order valence-electron chi connectivity index (χ1n) is 8.98. The number of aromatic nitrogens is 1. The first kappa shape index (κ1) is 18.2. The van der Waals surface area contributed by atoms with Crippen molar-refractivity contribution < 1.29 is 18.7 Å². The number of nitrogens with one attached hydrogen (secondary N) is 1. The van der Waals surface area contributed by atoms with Gasteiger partial charge in [-0.25, -0.2) is 4.98 Å². The number of furan rings is 1. The molecular weight excluding hydrogens is 378 g/mol. The van der Waals surface area contributed by atoms with Crippen LogP contribution in [0.15, 0.2) is 47.3 Å². The average Bonchev–Trinajstić information content (AvgIpc) is 3.37. The largest absolute Gasteiger partial charge is 0.494 e. The summed E-state index contributed by atoms with van der Waals surface area (Å²) in [5, 5.41) is 3.32. The molecule has 2 amide bonds. The Morgan fingerprint density at radius 2 is 2.07 bits per heavy atom. The molecule has 1 N–H and O–H groups in total. The SMILES string of the molecule is CCOc1ccc(C(=O)N2CCc3nc(NC(=O)c4ccoc4)sc3C2)cc1. The summed E-state index contributed by atoms with van der Waals surface area (Å²) >= 11 is 1.40. The zero-order valence-corrected chi connectivity index (χ0v) is 16.1. The number of carbonyl (C=O) groups is 2. The van der Waals surface area contributed by atoms with Crippen molar-refractivity contribution >= 4 is 28.3 Å². The maximum Gasteiger partial charge on any atom is 0.260 e. The Kier molecular flexibility index (Phi) is 5.12. The number of thiazole rings is 1. The number of amides is 2. The van der Waals surface area contributed by atoms with Crippen LogP contribution < -0.4 is 10.1 Å². The third kappa shape index (κ3) is 3.77. The molecule has 7 nitrogen and oxygen atoms in total. The molecule has 1 aliphatic heterocycles. The average molecular weight is 397 g/mol. The predicted molar refractivity (Wildman–Crippen MR) is 105 cm³/mol. The third-order valence-corrected chi connectivity index (χ3v) is 5.43. The summed E-state index contributed by atoms with van der Waals surface area (Å²) in [5.74, 6) is 0.466. The number of anilines is 1. The van der Waals surface area contributed by atoms with E-state index in [9.17, 15) is 9.59 Å². The van der Waals surface area contributed by atoms with Crippen molar-refractivity contribution in [3.05, 3.63) is 64.6 Å². The fraction of sp³-hybridized carbons (Fsp3) is 0.250. The molecule has 1 aliphatic rings. The van der Waals surface area contributed by atoms with Gasteiger partial charge >= 0.3 is 0 Å². The minimum absolute atomic E-state index is 0.0221. The molecule has 0 bridgehead atoms. The minimum atomic E-state index is -0.262. The van der Waals surface area contributed by atoms with Crippen LogP contribution in [0, 0.1) is 0 Å². The van der Waals surface area contributed by atoms with Gasteiger partial charge in [0.25, 0.3) is 11.8 Å². The molecule has 8 heteroatoms. The molecule has 0 atom stereocenters. The zero-order valence-electron chi connectivity index (χ0n) is 15.3. The Balaban J connectivity index is 1.43. The summed E-state index contributed by atoms with van der Waals surface area (Å²) in [6.07, 6.45) is 3.50. The van der Waals surface area contributed by atoms with Crippen molar-refractivity contribution in [2.24, 2.45) is 0 Å². The Labute approximate surface area is 165 Å². The third-order valence-electron chi connectivity index (χ3n) is 4.43. The van der Waals surface area contributed by atoms with Crippen LogP contribution in [0.25, 0.3) is 0 Å². The van der Waals surface area contributed by atoms with Crippen molar-refractivity contribution in [1.82, 2.24) is 9.88 Å². The van der Waals surface area contributed by atoms with Gasteiger partial charge in [0.15, 0.2) is 5.13 Å². The van der Waals surface area contributed by atoms with Crippen molar-refractivity contribution in [2.75, 3.05) is 18.5 Å². The van der Waals surface area contributed by atoms with Crippen LogP contribution in [0.3, 0.4) is 0 Å². The highest BCUT2D eigenvalue weighted by atomic mass is 32.1. The molecule has 0 aliphatic carbocycles. The Morgan fingerprint density at radius 3 is 2.79 bits per heavy atom. The number of fused-ring (bicyclic) bond motifs is 1. The highest BCUT2D eigenvalue weighted by molar-refractivity contribution is 7.15. The van der Waals surface area contributed by atoms with Crippen LogP contribution in [0.2, 0.25) is 0 Å². The van der Waals surface area contributed by atoms with Crippen LogP contribution in [0.5, 0.6) is 5.75 Å². The topological polar surface area (TPSA) is 84.7 Å². The lowest BCUT2D eigenvalue weighted by atomic mass is 10.1. The molecule has 0 saturated carbocycles. The van der Waals surface area contributed by atoms with Gasteiger partial charge < -0.3 is 14.1 Å². The van der Waals surface area contributed by atoms with E-state index in [4.69, 9.17) is 9.15 Å². The molecule has 3 aromatic rings. The molecule has 3 heterocycles. The molecule has 4 rings (SSSR count). The molecule has 0 fully saturated rings. The maximum atomic E-state index is 12.8. The van der Waals surface area contributed by atoms with E-state index < -0.39 is 0 Å². The number of carbonyl (C=O) groups excluding carboxylic acids is 2. The molecule has 2 aromatic heterocycles. The molecule has 0 spiro atoms. The second kappa shape index (κ2) is 7.85. The van der Waals surface area contributed by atoms with Gasteiger partial charge in [-0.05, 0) is 37.3 Å².